The van der Waals surface area contributed by atoms with E-state index >= 15 is 0 Å². The number of nitrogens with zero attached hydrogens (tertiary/aromatic N) is 2. The summed E-state index contributed by atoms with van der Waals surface area (Å²) in [5, 5.41) is 3.15. The number of ether oxygens (including phenoxy) is 1. The Hall–Kier alpha value is -0.320. The van der Waals surface area contributed by atoms with Gasteiger partial charge in [-0.05, 0) is 18.8 Å². The standard InChI is InChI=1S/C12H15ClN2OS/c13-10-6-17-12(14-10)16-11-8-1-7-2-9(11)5-15(3-7)4-8/h6-9,11H,1-5H2/t7?,8-,9-,11?/m0/s1. The molecule has 4 aliphatic rings. The van der Waals surface area contributed by atoms with Crippen LogP contribution in [-0.4, -0.2) is 35.6 Å². The maximum absolute atomic E-state index is 6.11. The predicted octanol–water partition coefficient (Wildman–Crippen LogP) is 2.52. The number of halogens is 1. The van der Waals surface area contributed by atoms with Crippen molar-refractivity contribution in [3.8, 4) is 5.19 Å². The van der Waals surface area contributed by atoms with Crippen molar-refractivity contribution in [2.24, 2.45) is 17.8 Å². The Balaban J connectivity index is 1.54. The third-order valence-electron chi connectivity index (χ3n) is 4.40. The molecule has 0 aromatic carbocycles. The highest BCUT2D eigenvalue weighted by atomic mass is 35.5. The van der Waals surface area contributed by atoms with Gasteiger partial charge in [-0.1, -0.05) is 22.9 Å². The second-order valence-electron chi connectivity index (χ2n) is 5.59. The van der Waals surface area contributed by atoms with Crippen molar-refractivity contribution in [2.45, 2.75) is 18.9 Å². The number of aromatic nitrogens is 1. The first kappa shape index (κ1) is 10.6. The summed E-state index contributed by atoms with van der Waals surface area (Å²) in [5.74, 6) is 2.35. The van der Waals surface area contributed by atoms with E-state index in [0.717, 1.165) is 11.1 Å². The van der Waals surface area contributed by atoms with Crippen LogP contribution in [0.1, 0.15) is 12.8 Å². The SMILES string of the molecule is Clc1csc(OC2[C@H]3CC4C[C@H]2CN(C4)C3)n1. The summed E-state index contributed by atoms with van der Waals surface area (Å²) in [6, 6.07) is 0. The van der Waals surface area contributed by atoms with E-state index in [1.54, 1.807) is 0 Å². The lowest BCUT2D eigenvalue weighted by molar-refractivity contribution is -0.0985. The van der Waals surface area contributed by atoms with Crippen LogP contribution in [0, 0.1) is 17.8 Å². The molecule has 0 unspecified atom stereocenters. The molecule has 0 N–H and O–H groups in total. The molecule has 5 heteroatoms. The molecule has 1 aromatic heterocycles. The number of piperidine rings is 3. The Kier molecular flexibility index (Phi) is 2.39. The highest BCUT2D eigenvalue weighted by Gasteiger charge is 2.48. The Bertz CT molecular complexity index is 408. The van der Waals surface area contributed by atoms with Crippen LogP contribution in [-0.2, 0) is 0 Å². The van der Waals surface area contributed by atoms with Crippen molar-refractivity contribution in [3.63, 3.8) is 0 Å². The van der Waals surface area contributed by atoms with Gasteiger partial charge in [0.1, 0.15) is 11.3 Å². The minimum absolute atomic E-state index is 0.380. The molecule has 1 aromatic rings. The molecule has 4 heterocycles. The lowest BCUT2D eigenvalue weighted by atomic mass is 9.66. The third kappa shape index (κ3) is 1.77. The first-order chi connectivity index (χ1) is 8.28. The molecule has 3 nitrogen and oxygen atoms in total. The highest BCUT2D eigenvalue weighted by molar-refractivity contribution is 7.11. The molecular weight excluding hydrogens is 256 g/mol. The van der Waals surface area contributed by atoms with Gasteiger partial charge in [-0.15, -0.1) is 0 Å². The second-order valence-corrected chi connectivity index (χ2v) is 6.80. The molecular formula is C12H15ClN2OS. The summed E-state index contributed by atoms with van der Waals surface area (Å²) in [7, 11) is 0. The Morgan fingerprint density at radius 3 is 2.65 bits per heavy atom. The van der Waals surface area contributed by atoms with Gasteiger partial charge in [-0.25, -0.2) is 0 Å². The maximum Gasteiger partial charge on any atom is 0.274 e. The van der Waals surface area contributed by atoms with Gasteiger partial charge in [0.15, 0.2) is 0 Å². The Morgan fingerprint density at radius 2 is 2.06 bits per heavy atom. The van der Waals surface area contributed by atoms with Crippen LogP contribution in [0.5, 0.6) is 5.19 Å². The molecule has 1 saturated carbocycles. The van der Waals surface area contributed by atoms with Crippen molar-refractivity contribution < 1.29 is 4.74 Å². The van der Waals surface area contributed by atoms with E-state index in [1.165, 1.54) is 43.8 Å². The first-order valence-electron chi connectivity index (χ1n) is 6.28. The normalized spacial score (nSPS) is 43.0. The summed E-state index contributed by atoms with van der Waals surface area (Å²) in [4.78, 5) is 6.82. The predicted molar refractivity (Wildman–Crippen MR) is 67.7 cm³/mol. The van der Waals surface area contributed by atoms with E-state index in [0.29, 0.717) is 23.1 Å². The van der Waals surface area contributed by atoms with Gasteiger partial charge in [-0.3, -0.25) is 0 Å². The van der Waals surface area contributed by atoms with Gasteiger partial charge in [0.25, 0.3) is 5.19 Å². The van der Waals surface area contributed by atoms with E-state index in [4.69, 9.17) is 16.3 Å². The summed E-state index contributed by atoms with van der Waals surface area (Å²) >= 11 is 7.36. The van der Waals surface area contributed by atoms with Crippen LogP contribution in [0.2, 0.25) is 5.15 Å². The fourth-order valence-electron chi connectivity index (χ4n) is 3.97. The van der Waals surface area contributed by atoms with Crippen LogP contribution in [0.4, 0.5) is 0 Å². The summed E-state index contributed by atoms with van der Waals surface area (Å²) in [6.45, 7) is 3.76. The van der Waals surface area contributed by atoms with Gasteiger partial charge in [-0.2, -0.15) is 4.98 Å². The monoisotopic (exact) mass is 270 g/mol. The van der Waals surface area contributed by atoms with Gasteiger partial charge < -0.3 is 9.64 Å². The van der Waals surface area contributed by atoms with Crippen molar-refractivity contribution in [1.82, 2.24) is 9.88 Å². The fraction of sp³-hybridized carbons (Fsp3) is 0.750. The minimum atomic E-state index is 0.380. The zero-order chi connectivity index (χ0) is 11.4. The minimum Gasteiger partial charge on any atom is -0.466 e. The molecule has 0 radical (unpaired) electrons. The van der Waals surface area contributed by atoms with Crippen LogP contribution in [0.15, 0.2) is 5.38 Å². The zero-order valence-corrected chi connectivity index (χ0v) is 11.1. The van der Waals surface area contributed by atoms with Gasteiger partial charge in [0, 0.05) is 36.9 Å². The average Bonchev–Trinajstić information content (AvgIpc) is 2.68. The Morgan fingerprint density at radius 1 is 1.29 bits per heavy atom. The van der Waals surface area contributed by atoms with Crippen molar-refractivity contribution >= 4 is 22.9 Å². The van der Waals surface area contributed by atoms with Crippen LogP contribution in [0.3, 0.4) is 0 Å². The number of hydrogen-bond donors (Lipinski definition) is 0. The molecule has 2 atom stereocenters. The van der Waals surface area contributed by atoms with Crippen LogP contribution >= 0.6 is 22.9 Å². The number of hydrogen-bond acceptors (Lipinski definition) is 4. The molecule has 5 rings (SSSR count). The van der Waals surface area contributed by atoms with Gasteiger partial charge in [0.05, 0.1) is 0 Å². The van der Waals surface area contributed by atoms with Gasteiger partial charge >= 0.3 is 0 Å². The molecule has 1 aliphatic carbocycles. The van der Waals surface area contributed by atoms with E-state index in [9.17, 15) is 0 Å². The largest absolute Gasteiger partial charge is 0.466 e. The lowest BCUT2D eigenvalue weighted by Gasteiger charge is -2.55. The molecule has 17 heavy (non-hydrogen) atoms. The highest BCUT2D eigenvalue weighted by Crippen LogP contribution is 2.45. The summed E-state index contributed by atoms with van der Waals surface area (Å²) < 4.78 is 6.11. The zero-order valence-electron chi connectivity index (χ0n) is 9.51. The molecule has 92 valence electrons. The molecule has 4 fully saturated rings. The first-order valence-corrected chi connectivity index (χ1v) is 7.54. The molecule has 3 saturated heterocycles. The van der Waals surface area contributed by atoms with Crippen molar-refractivity contribution in [3.05, 3.63) is 10.5 Å². The van der Waals surface area contributed by atoms with Gasteiger partial charge in [0.2, 0.25) is 0 Å². The number of rotatable bonds is 2. The third-order valence-corrected chi connectivity index (χ3v) is 5.45. The molecule has 0 amide bonds. The quantitative estimate of drug-likeness (QED) is 0.826. The maximum atomic E-state index is 6.11. The fourth-order valence-corrected chi connectivity index (χ4v) is 4.79. The molecule has 3 aliphatic heterocycles. The van der Waals surface area contributed by atoms with Crippen molar-refractivity contribution in [1.29, 1.82) is 0 Å². The molecule has 4 bridgehead atoms. The number of thiazole rings is 1. The van der Waals surface area contributed by atoms with E-state index in [1.807, 2.05) is 5.38 Å². The van der Waals surface area contributed by atoms with Crippen molar-refractivity contribution in [2.75, 3.05) is 19.6 Å². The Labute approximate surface area is 110 Å². The second kappa shape index (κ2) is 3.84. The topological polar surface area (TPSA) is 25.4 Å². The smallest absolute Gasteiger partial charge is 0.274 e. The van der Waals surface area contributed by atoms with E-state index in [2.05, 4.69) is 9.88 Å². The summed E-state index contributed by atoms with van der Waals surface area (Å²) in [6.07, 6.45) is 3.07. The average molecular weight is 271 g/mol. The van der Waals surface area contributed by atoms with Crippen LogP contribution in [0.25, 0.3) is 0 Å². The molecule has 0 spiro atoms. The lowest BCUT2D eigenvalue weighted by Crippen LogP contribution is -2.61. The van der Waals surface area contributed by atoms with E-state index < -0.39 is 0 Å². The van der Waals surface area contributed by atoms with E-state index in [-0.39, 0.29) is 0 Å². The van der Waals surface area contributed by atoms with Crippen LogP contribution < -0.4 is 4.74 Å². The summed E-state index contributed by atoms with van der Waals surface area (Å²) in [5.41, 5.74) is 0.